The molecule has 0 aromatic heterocycles. The molecule has 0 aromatic carbocycles. The third kappa shape index (κ3) is 3.42. The summed E-state index contributed by atoms with van der Waals surface area (Å²) in [5, 5.41) is 3.20. The molecule has 2 amide bonds. The fraction of sp³-hybridized carbons (Fsp3) is 0.792. The Balaban J connectivity index is 1.55. The maximum Gasteiger partial charge on any atom is 0.318 e. The summed E-state index contributed by atoms with van der Waals surface area (Å²) in [4.78, 5) is 17.5. The lowest BCUT2D eigenvalue weighted by atomic mass is 9.65. The molecule has 1 unspecified atom stereocenters. The number of urea groups is 1. The van der Waals surface area contributed by atoms with Crippen LogP contribution in [-0.4, -0.2) is 53.6 Å². The Hall–Kier alpha value is -1.29. The van der Waals surface area contributed by atoms with Gasteiger partial charge in [0.25, 0.3) is 0 Å². The van der Waals surface area contributed by atoms with Crippen molar-refractivity contribution in [3.05, 3.63) is 23.8 Å². The van der Waals surface area contributed by atoms with E-state index in [1.54, 1.807) is 5.57 Å². The lowest BCUT2D eigenvalue weighted by Crippen LogP contribution is -2.59. The fourth-order valence-electron chi connectivity index (χ4n) is 6.12. The van der Waals surface area contributed by atoms with Gasteiger partial charge in [-0.2, -0.15) is 0 Å². The summed E-state index contributed by atoms with van der Waals surface area (Å²) in [5.74, 6) is 1.37. The second-order valence-electron chi connectivity index (χ2n) is 10.0. The van der Waals surface area contributed by atoms with Crippen LogP contribution in [-0.2, 0) is 0 Å². The van der Waals surface area contributed by atoms with E-state index in [9.17, 15) is 4.79 Å². The number of nitrogens with one attached hydrogen (secondary N) is 1. The Morgan fingerprint density at radius 1 is 1.25 bits per heavy atom. The zero-order valence-electron chi connectivity index (χ0n) is 18.2. The molecule has 0 radical (unpaired) electrons. The average molecular weight is 386 g/mol. The van der Waals surface area contributed by atoms with Gasteiger partial charge in [-0.1, -0.05) is 38.5 Å². The van der Waals surface area contributed by atoms with Gasteiger partial charge >= 0.3 is 6.03 Å². The van der Waals surface area contributed by atoms with Crippen molar-refractivity contribution < 1.29 is 4.79 Å². The second-order valence-corrected chi connectivity index (χ2v) is 10.0. The van der Waals surface area contributed by atoms with Crippen LogP contribution in [0.15, 0.2) is 23.8 Å². The lowest BCUT2D eigenvalue weighted by molar-refractivity contribution is 0.0249. The first kappa shape index (κ1) is 20.0. The minimum atomic E-state index is 0.0555. The van der Waals surface area contributed by atoms with Gasteiger partial charge in [0.2, 0.25) is 0 Å². The molecule has 1 spiro atoms. The summed E-state index contributed by atoms with van der Waals surface area (Å²) in [6, 6.07) is 0.190. The number of carbonyl (C=O) groups excluding carboxylic acids is 1. The summed E-state index contributed by atoms with van der Waals surface area (Å²) in [7, 11) is 2.33. The van der Waals surface area contributed by atoms with Crippen LogP contribution in [0, 0.1) is 11.8 Å². The van der Waals surface area contributed by atoms with E-state index in [1.165, 1.54) is 44.9 Å². The molecule has 4 rings (SSSR count). The highest BCUT2D eigenvalue weighted by atomic mass is 16.2. The third-order valence-electron chi connectivity index (χ3n) is 8.23. The standard InChI is InChI=1S/C24H39N3O/c1-4-15-26(3)24(21-10-5-7-19(2)16-21)13-11-23(12-14-24)18-25-22(28)27(23)17-20-8-6-9-20/h5,7,10,19-20H,4,6,8-9,11-18H2,1-3H3,(H,25,28). The van der Waals surface area contributed by atoms with E-state index in [0.717, 1.165) is 38.4 Å². The van der Waals surface area contributed by atoms with Gasteiger partial charge in [0.1, 0.15) is 0 Å². The van der Waals surface area contributed by atoms with E-state index in [-0.39, 0.29) is 17.1 Å². The number of nitrogens with zero attached hydrogens (tertiary/aromatic N) is 2. The van der Waals surface area contributed by atoms with E-state index >= 15 is 0 Å². The molecule has 28 heavy (non-hydrogen) atoms. The second kappa shape index (κ2) is 7.85. The Labute approximate surface area is 171 Å². The van der Waals surface area contributed by atoms with Crippen LogP contribution in [0.4, 0.5) is 4.79 Å². The number of hydrogen-bond acceptors (Lipinski definition) is 2. The maximum absolute atomic E-state index is 12.6. The highest BCUT2D eigenvalue weighted by molar-refractivity contribution is 5.78. The van der Waals surface area contributed by atoms with Crippen molar-refractivity contribution in [2.24, 2.45) is 11.8 Å². The van der Waals surface area contributed by atoms with Crippen molar-refractivity contribution in [2.75, 3.05) is 26.7 Å². The van der Waals surface area contributed by atoms with Crippen molar-refractivity contribution in [3.8, 4) is 0 Å². The third-order valence-corrected chi connectivity index (χ3v) is 8.23. The minimum absolute atomic E-state index is 0.0555. The first-order valence-electron chi connectivity index (χ1n) is 11.6. The predicted octanol–water partition coefficient (Wildman–Crippen LogP) is 4.73. The molecular formula is C24H39N3O. The minimum Gasteiger partial charge on any atom is -0.336 e. The summed E-state index contributed by atoms with van der Waals surface area (Å²) in [5.41, 5.74) is 1.85. The number of hydrogen-bond donors (Lipinski definition) is 1. The van der Waals surface area contributed by atoms with E-state index in [4.69, 9.17) is 0 Å². The molecular weight excluding hydrogens is 346 g/mol. The summed E-state index contributed by atoms with van der Waals surface area (Å²) >= 11 is 0. The smallest absolute Gasteiger partial charge is 0.318 e. The van der Waals surface area contributed by atoms with Gasteiger partial charge < -0.3 is 10.2 Å². The van der Waals surface area contributed by atoms with Crippen molar-refractivity contribution in [1.82, 2.24) is 15.1 Å². The fourth-order valence-corrected chi connectivity index (χ4v) is 6.12. The number of allylic oxidation sites excluding steroid dienone is 3. The van der Waals surface area contributed by atoms with Crippen LogP contribution >= 0.6 is 0 Å². The number of rotatable bonds is 6. The van der Waals surface area contributed by atoms with Gasteiger partial charge in [-0.15, -0.1) is 0 Å². The van der Waals surface area contributed by atoms with Crippen LogP contribution in [0.3, 0.4) is 0 Å². The zero-order valence-corrected chi connectivity index (χ0v) is 18.2. The predicted molar refractivity (Wildman–Crippen MR) is 115 cm³/mol. The summed E-state index contributed by atoms with van der Waals surface area (Å²) in [6.45, 7) is 7.59. The molecule has 1 heterocycles. The van der Waals surface area contributed by atoms with E-state index in [1.807, 2.05) is 0 Å². The molecule has 0 aromatic rings. The van der Waals surface area contributed by atoms with E-state index in [0.29, 0.717) is 5.92 Å². The van der Waals surface area contributed by atoms with Crippen LogP contribution in [0.5, 0.6) is 0 Å². The van der Waals surface area contributed by atoms with Crippen LogP contribution in [0.2, 0.25) is 0 Å². The molecule has 1 atom stereocenters. The van der Waals surface area contributed by atoms with Gasteiger partial charge in [-0.25, -0.2) is 4.79 Å². The molecule has 4 nitrogen and oxygen atoms in total. The van der Waals surface area contributed by atoms with Crippen molar-refractivity contribution in [3.63, 3.8) is 0 Å². The van der Waals surface area contributed by atoms with Crippen molar-refractivity contribution in [1.29, 1.82) is 0 Å². The summed E-state index contributed by atoms with van der Waals surface area (Å²) in [6.07, 6.45) is 17.9. The molecule has 1 aliphatic heterocycles. The quantitative estimate of drug-likeness (QED) is 0.717. The molecule has 3 aliphatic carbocycles. The molecule has 3 fully saturated rings. The SMILES string of the molecule is CCCN(C)C1(C2=CC=CC(C)C2)CCC2(CC1)CNC(=O)N2CC1CCC1. The highest BCUT2D eigenvalue weighted by Crippen LogP contribution is 2.48. The van der Waals surface area contributed by atoms with Gasteiger partial charge in [0, 0.05) is 18.6 Å². The number of carbonyl (C=O) groups is 1. The molecule has 2 saturated carbocycles. The number of likely N-dealkylation sites (N-methyl/N-ethyl adjacent to an activating group) is 1. The van der Waals surface area contributed by atoms with Crippen molar-refractivity contribution in [2.45, 2.75) is 82.7 Å². The maximum atomic E-state index is 12.6. The normalized spacial score (nSPS) is 36.0. The van der Waals surface area contributed by atoms with Gasteiger partial charge in [0.05, 0.1) is 5.54 Å². The summed E-state index contributed by atoms with van der Waals surface area (Å²) < 4.78 is 0. The molecule has 156 valence electrons. The topological polar surface area (TPSA) is 35.6 Å². The lowest BCUT2D eigenvalue weighted by Gasteiger charge is -2.53. The van der Waals surface area contributed by atoms with Gasteiger partial charge in [-0.3, -0.25) is 4.90 Å². The Kier molecular flexibility index (Phi) is 5.61. The van der Waals surface area contributed by atoms with Crippen molar-refractivity contribution >= 4 is 6.03 Å². The molecule has 1 N–H and O–H groups in total. The highest BCUT2D eigenvalue weighted by Gasteiger charge is 2.53. The Bertz CT molecular complexity index is 640. The average Bonchev–Trinajstić information content (AvgIpc) is 2.95. The Morgan fingerprint density at radius 3 is 2.61 bits per heavy atom. The largest absolute Gasteiger partial charge is 0.336 e. The number of amides is 2. The van der Waals surface area contributed by atoms with Gasteiger partial charge in [-0.05, 0) is 82.4 Å². The first-order valence-corrected chi connectivity index (χ1v) is 11.6. The molecule has 4 heteroatoms. The zero-order chi connectivity index (χ0) is 19.8. The van der Waals surface area contributed by atoms with Gasteiger partial charge in [0.15, 0.2) is 0 Å². The first-order chi connectivity index (χ1) is 13.5. The monoisotopic (exact) mass is 385 g/mol. The van der Waals surface area contributed by atoms with Crippen LogP contribution in [0.1, 0.15) is 71.6 Å². The molecule has 1 saturated heterocycles. The van der Waals surface area contributed by atoms with Crippen LogP contribution in [0.25, 0.3) is 0 Å². The molecule has 0 bridgehead atoms. The van der Waals surface area contributed by atoms with Crippen LogP contribution < -0.4 is 5.32 Å². The van der Waals surface area contributed by atoms with E-state index < -0.39 is 0 Å². The molecule has 4 aliphatic rings. The van der Waals surface area contributed by atoms with E-state index in [2.05, 4.69) is 54.2 Å². The Morgan fingerprint density at radius 2 is 2.00 bits per heavy atom.